The number of nitrogens with one attached hydrogen (secondary N) is 1. The van der Waals surface area contributed by atoms with Crippen LogP contribution >= 0.6 is 11.8 Å². The topological polar surface area (TPSA) is 103 Å². The highest BCUT2D eigenvalue weighted by molar-refractivity contribution is 8.14. The predicted octanol–water partition coefficient (Wildman–Crippen LogP) is 5.01. The van der Waals surface area contributed by atoms with E-state index in [1.54, 1.807) is 30.3 Å². The van der Waals surface area contributed by atoms with E-state index in [1.807, 2.05) is 0 Å². The van der Waals surface area contributed by atoms with Crippen LogP contribution in [-0.2, 0) is 9.59 Å². The summed E-state index contributed by atoms with van der Waals surface area (Å²) in [6.07, 6.45) is 2.93. The van der Waals surface area contributed by atoms with Gasteiger partial charge in [0, 0.05) is 12.1 Å². The molecule has 3 aromatic rings. The van der Waals surface area contributed by atoms with E-state index in [-0.39, 0.29) is 28.3 Å². The molecular formula is C25H21F2N3O6S. The molecule has 1 N–H and O–H groups in total. The Labute approximate surface area is 214 Å². The van der Waals surface area contributed by atoms with Crippen LogP contribution in [0.25, 0.3) is 6.08 Å². The molecule has 0 saturated carbocycles. The van der Waals surface area contributed by atoms with E-state index in [4.69, 9.17) is 13.9 Å². The molecule has 0 unspecified atom stereocenters. The summed E-state index contributed by atoms with van der Waals surface area (Å²) < 4.78 is 45.2. The molecule has 0 aliphatic carbocycles. The van der Waals surface area contributed by atoms with Crippen molar-refractivity contribution in [2.45, 2.75) is 6.61 Å². The maximum atomic E-state index is 13.2. The first kappa shape index (κ1) is 25.8. The fourth-order valence-corrected chi connectivity index (χ4v) is 4.14. The molecule has 37 heavy (non-hydrogen) atoms. The molecule has 4 rings (SSSR count). The summed E-state index contributed by atoms with van der Waals surface area (Å²) in [5, 5.41) is 2.98. The van der Waals surface area contributed by atoms with Gasteiger partial charge in [-0.15, -0.1) is 0 Å². The van der Waals surface area contributed by atoms with Gasteiger partial charge in [-0.25, -0.2) is 4.99 Å². The van der Waals surface area contributed by atoms with Crippen LogP contribution in [0.2, 0.25) is 0 Å². The first-order valence-corrected chi connectivity index (χ1v) is 11.7. The molecule has 1 aliphatic rings. The van der Waals surface area contributed by atoms with Crippen molar-refractivity contribution in [1.82, 2.24) is 0 Å². The number of amidine groups is 1. The van der Waals surface area contributed by atoms with Gasteiger partial charge in [-0.1, -0.05) is 11.8 Å². The predicted molar refractivity (Wildman–Crippen MR) is 135 cm³/mol. The van der Waals surface area contributed by atoms with Gasteiger partial charge < -0.3 is 23.9 Å². The molecule has 192 valence electrons. The number of rotatable bonds is 9. The number of furan rings is 1. The Bertz CT molecular complexity index is 1330. The van der Waals surface area contributed by atoms with Gasteiger partial charge in [-0.05, 0) is 48.5 Å². The van der Waals surface area contributed by atoms with Crippen molar-refractivity contribution in [1.29, 1.82) is 0 Å². The lowest BCUT2D eigenvalue weighted by Crippen LogP contribution is -2.31. The third-order valence-corrected chi connectivity index (χ3v) is 5.93. The number of hydrogen-bond donors (Lipinski definition) is 1. The van der Waals surface area contributed by atoms with Gasteiger partial charge in [0.2, 0.25) is 5.91 Å². The standard InChI is InChI=1S/C25H21F2N3O6S/c1-33-17-9-10-19(21(13-17)34-2)28-22(31)14-37-25-29-20(12-18-4-3-11-35-18)23(32)30(25)15-5-7-16(8-6-15)36-24(26)27/h3-13,24H,14H2,1-2H3,(H,28,31)/b20-12-. The molecule has 0 bridgehead atoms. The summed E-state index contributed by atoms with van der Waals surface area (Å²) in [5.41, 5.74) is 0.892. The van der Waals surface area contributed by atoms with Gasteiger partial charge in [0.05, 0.1) is 37.6 Å². The maximum absolute atomic E-state index is 13.2. The van der Waals surface area contributed by atoms with Crippen molar-refractivity contribution < 1.29 is 37.0 Å². The van der Waals surface area contributed by atoms with Crippen LogP contribution < -0.4 is 24.4 Å². The average molecular weight is 530 g/mol. The summed E-state index contributed by atoms with van der Waals surface area (Å²) in [4.78, 5) is 31.6. The van der Waals surface area contributed by atoms with Crippen LogP contribution in [-0.4, -0.2) is 43.6 Å². The third kappa shape index (κ3) is 6.28. The largest absolute Gasteiger partial charge is 0.497 e. The monoisotopic (exact) mass is 529 g/mol. The number of methoxy groups -OCH3 is 2. The summed E-state index contributed by atoms with van der Waals surface area (Å²) >= 11 is 1.03. The second kappa shape index (κ2) is 11.6. The fourth-order valence-electron chi connectivity index (χ4n) is 3.32. The molecule has 1 aliphatic heterocycles. The highest BCUT2D eigenvalue weighted by atomic mass is 32.2. The van der Waals surface area contributed by atoms with Crippen molar-refractivity contribution in [3.63, 3.8) is 0 Å². The van der Waals surface area contributed by atoms with Gasteiger partial charge in [-0.3, -0.25) is 14.5 Å². The SMILES string of the molecule is COc1ccc(NC(=O)CSC2=N/C(=C\c3ccco3)C(=O)N2c2ccc(OC(F)F)cc2)c(OC)c1. The van der Waals surface area contributed by atoms with Gasteiger partial charge in [0.1, 0.15) is 28.7 Å². The number of benzene rings is 2. The first-order chi connectivity index (χ1) is 17.9. The van der Waals surface area contributed by atoms with E-state index < -0.39 is 12.5 Å². The number of alkyl halides is 2. The molecule has 0 saturated heterocycles. The van der Waals surface area contributed by atoms with Gasteiger partial charge >= 0.3 is 6.61 Å². The summed E-state index contributed by atoms with van der Waals surface area (Å²) in [6, 6.07) is 13.8. The number of anilines is 2. The van der Waals surface area contributed by atoms with E-state index in [0.29, 0.717) is 28.6 Å². The van der Waals surface area contributed by atoms with E-state index >= 15 is 0 Å². The zero-order chi connectivity index (χ0) is 26.4. The maximum Gasteiger partial charge on any atom is 0.387 e. The Kier molecular flexibility index (Phi) is 8.08. The molecule has 1 aromatic heterocycles. The minimum absolute atomic E-state index is 0.0595. The number of halogens is 2. The number of ether oxygens (including phenoxy) is 3. The van der Waals surface area contributed by atoms with Crippen LogP contribution in [0.1, 0.15) is 5.76 Å². The van der Waals surface area contributed by atoms with Crippen molar-refractivity contribution in [3.05, 3.63) is 72.3 Å². The zero-order valence-electron chi connectivity index (χ0n) is 19.6. The number of hydrogen-bond acceptors (Lipinski definition) is 8. The molecule has 0 radical (unpaired) electrons. The van der Waals surface area contributed by atoms with Crippen LogP contribution in [0.4, 0.5) is 20.2 Å². The minimum Gasteiger partial charge on any atom is -0.497 e. The molecular weight excluding hydrogens is 508 g/mol. The van der Waals surface area contributed by atoms with Gasteiger partial charge in [0.15, 0.2) is 5.17 Å². The smallest absolute Gasteiger partial charge is 0.387 e. The number of amides is 2. The number of thioether (sulfide) groups is 1. The molecule has 12 heteroatoms. The number of nitrogens with zero attached hydrogens (tertiary/aromatic N) is 2. The summed E-state index contributed by atoms with van der Waals surface area (Å²) in [5.74, 6) is 0.422. The molecule has 2 amide bonds. The van der Waals surface area contributed by atoms with E-state index in [2.05, 4.69) is 15.0 Å². The molecule has 9 nitrogen and oxygen atoms in total. The van der Waals surface area contributed by atoms with Crippen molar-refractivity contribution in [2.75, 3.05) is 30.2 Å². The minimum atomic E-state index is -2.97. The summed E-state index contributed by atoms with van der Waals surface area (Å²) in [6.45, 7) is -2.97. The van der Waals surface area contributed by atoms with E-state index in [1.165, 1.54) is 55.7 Å². The first-order valence-electron chi connectivity index (χ1n) is 10.8. The molecule has 2 heterocycles. The van der Waals surface area contributed by atoms with Gasteiger partial charge in [0.25, 0.3) is 5.91 Å². The number of carbonyl (C=O) groups excluding carboxylic acids is 2. The highest BCUT2D eigenvalue weighted by Gasteiger charge is 2.32. The van der Waals surface area contributed by atoms with Crippen LogP contribution in [0.5, 0.6) is 17.2 Å². The normalized spacial score (nSPS) is 14.2. The molecule has 0 atom stereocenters. The lowest BCUT2D eigenvalue weighted by atomic mass is 10.2. The fraction of sp³-hybridized carbons (Fsp3) is 0.160. The number of aliphatic imine (C=N–C) groups is 1. The second-order valence-corrected chi connectivity index (χ2v) is 8.30. The molecule has 2 aromatic carbocycles. The lowest BCUT2D eigenvalue weighted by molar-refractivity contribution is -0.114. The van der Waals surface area contributed by atoms with Crippen LogP contribution in [0, 0.1) is 0 Å². The third-order valence-electron chi connectivity index (χ3n) is 4.99. The van der Waals surface area contributed by atoms with E-state index in [0.717, 1.165) is 11.8 Å². The molecule has 0 fully saturated rings. The second-order valence-electron chi connectivity index (χ2n) is 7.36. The van der Waals surface area contributed by atoms with Crippen molar-refractivity contribution in [2.24, 2.45) is 4.99 Å². The van der Waals surface area contributed by atoms with Crippen LogP contribution in [0.15, 0.2) is 76.0 Å². The van der Waals surface area contributed by atoms with Crippen molar-refractivity contribution in [3.8, 4) is 17.2 Å². The van der Waals surface area contributed by atoms with Gasteiger partial charge in [-0.2, -0.15) is 8.78 Å². The zero-order valence-corrected chi connectivity index (χ0v) is 20.5. The Morgan fingerprint density at radius 1 is 1.14 bits per heavy atom. The Morgan fingerprint density at radius 3 is 2.54 bits per heavy atom. The van der Waals surface area contributed by atoms with Crippen LogP contribution in [0.3, 0.4) is 0 Å². The van der Waals surface area contributed by atoms with E-state index in [9.17, 15) is 18.4 Å². The van der Waals surface area contributed by atoms with Crippen molar-refractivity contribution >= 4 is 46.2 Å². The number of carbonyl (C=O) groups is 2. The Hall–Kier alpha value is -4.32. The molecule has 0 spiro atoms. The lowest BCUT2D eigenvalue weighted by Gasteiger charge is -2.18. The highest BCUT2D eigenvalue weighted by Crippen LogP contribution is 2.32. The Balaban J connectivity index is 1.53. The average Bonchev–Trinajstić information content (AvgIpc) is 3.51. The Morgan fingerprint density at radius 2 is 1.89 bits per heavy atom. The quantitative estimate of drug-likeness (QED) is 0.389. The summed E-state index contributed by atoms with van der Waals surface area (Å²) in [7, 11) is 2.99.